The van der Waals surface area contributed by atoms with E-state index in [9.17, 15) is 4.79 Å². The molecule has 2 aliphatic heterocycles. The Morgan fingerprint density at radius 1 is 1.23 bits per heavy atom. The minimum Gasteiger partial charge on any atom is -0.355 e. The first kappa shape index (κ1) is 19.3. The van der Waals surface area contributed by atoms with Crippen LogP contribution in [0.25, 0.3) is 0 Å². The van der Waals surface area contributed by atoms with Gasteiger partial charge in [-0.05, 0) is 76.3 Å². The molecule has 0 radical (unpaired) electrons. The van der Waals surface area contributed by atoms with Gasteiger partial charge in [0.15, 0.2) is 0 Å². The molecular formula is C21H34N4O. The number of aromatic nitrogens is 1. The third-order valence-corrected chi connectivity index (χ3v) is 6.04. The normalized spacial score (nSPS) is 22.6. The van der Waals surface area contributed by atoms with Gasteiger partial charge in [-0.2, -0.15) is 0 Å². The van der Waals surface area contributed by atoms with Crippen LogP contribution < -0.4 is 5.32 Å². The molecule has 0 aliphatic carbocycles. The lowest BCUT2D eigenvalue weighted by Gasteiger charge is -2.31. The zero-order valence-corrected chi connectivity index (χ0v) is 16.2. The van der Waals surface area contributed by atoms with Gasteiger partial charge in [0.05, 0.1) is 5.69 Å². The summed E-state index contributed by atoms with van der Waals surface area (Å²) >= 11 is 0. The number of rotatable bonds is 8. The largest absolute Gasteiger partial charge is 0.355 e. The predicted molar refractivity (Wildman–Crippen MR) is 105 cm³/mol. The fourth-order valence-corrected chi connectivity index (χ4v) is 4.35. The lowest BCUT2D eigenvalue weighted by atomic mass is 9.92. The molecule has 0 saturated carbocycles. The topological polar surface area (TPSA) is 48.5 Å². The van der Waals surface area contributed by atoms with E-state index in [4.69, 9.17) is 0 Å². The van der Waals surface area contributed by atoms with Crippen molar-refractivity contribution in [3.8, 4) is 0 Å². The molecule has 3 heterocycles. The number of piperidine rings is 1. The van der Waals surface area contributed by atoms with Gasteiger partial charge in [-0.15, -0.1) is 0 Å². The third kappa shape index (κ3) is 5.78. The van der Waals surface area contributed by atoms with Crippen molar-refractivity contribution in [2.75, 3.05) is 32.7 Å². The van der Waals surface area contributed by atoms with E-state index in [2.05, 4.69) is 39.2 Å². The minimum atomic E-state index is 0.240. The Balaban J connectivity index is 1.29. The summed E-state index contributed by atoms with van der Waals surface area (Å²) in [4.78, 5) is 21.6. The van der Waals surface area contributed by atoms with Crippen molar-refractivity contribution in [3.63, 3.8) is 0 Å². The molecule has 0 aromatic carbocycles. The van der Waals surface area contributed by atoms with Crippen LogP contribution in [0, 0.1) is 5.92 Å². The van der Waals surface area contributed by atoms with E-state index in [0.717, 1.165) is 44.8 Å². The fraction of sp³-hybridized carbons (Fsp3) is 0.714. The summed E-state index contributed by atoms with van der Waals surface area (Å²) in [5.74, 6) is 0.934. The summed E-state index contributed by atoms with van der Waals surface area (Å²) in [5.41, 5.74) is 1.15. The number of likely N-dealkylation sites (N-methyl/N-ethyl adjacent to an activating group) is 1. The molecule has 1 amide bonds. The molecule has 2 fully saturated rings. The van der Waals surface area contributed by atoms with E-state index >= 15 is 0 Å². The quantitative estimate of drug-likeness (QED) is 0.776. The molecular weight excluding hydrogens is 324 g/mol. The van der Waals surface area contributed by atoms with Gasteiger partial charge < -0.3 is 5.32 Å². The number of pyridine rings is 1. The Kier molecular flexibility index (Phi) is 7.44. The molecule has 2 aliphatic rings. The molecule has 144 valence electrons. The van der Waals surface area contributed by atoms with Gasteiger partial charge >= 0.3 is 0 Å². The second kappa shape index (κ2) is 10.0. The van der Waals surface area contributed by atoms with Crippen molar-refractivity contribution in [2.24, 2.45) is 5.92 Å². The number of amides is 1. The van der Waals surface area contributed by atoms with E-state index in [1.54, 1.807) is 0 Å². The lowest BCUT2D eigenvalue weighted by molar-refractivity contribution is -0.121. The maximum Gasteiger partial charge on any atom is 0.220 e. The highest BCUT2D eigenvalue weighted by Crippen LogP contribution is 2.23. The van der Waals surface area contributed by atoms with Gasteiger partial charge in [-0.1, -0.05) is 13.0 Å². The van der Waals surface area contributed by atoms with Gasteiger partial charge in [-0.3, -0.25) is 19.6 Å². The van der Waals surface area contributed by atoms with Crippen molar-refractivity contribution in [1.82, 2.24) is 20.1 Å². The fourth-order valence-electron chi connectivity index (χ4n) is 4.35. The molecule has 1 atom stereocenters. The minimum absolute atomic E-state index is 0.240. The van der Waals surface area contributed by atoms with Crippen LogP contribution in [-0.4, -0.2) is 59.5 Å². The van der Waals surface area contributed by atoms with Crippen molar-refractivity contribution in [3.05, 3.63) is 30.1 Å². The van der Waals surface area contributed by atoms with Crippen LogP contribution in [0.15, 0.2) is 24.4 Å². The molecule has 0 spiro atoms. The second-order valence-electron chi connectivity index (χ2n) is 7.81. The Morgan fingerprint density at radius 2 is 2.08 bits per heavy atom. The highest BCUT2D eigenvalue weighted by Gasteiger charge is 2.24. The standard InChI is InChI=1S/C21H34N4O/c1-2-25-13-5-7-20(25)16-23-21(26)9-8-18-10-14-24(15-11-18)17-19-6-3-4-12-22-19/h3-4,6,12,18,20H,2,5,7-11,13-17H2,1H3,(H,23,26). The van der Waals surface area contributed by atoms with E-state index < -0.39 is 0 Å². The molecule has 2 saturated heterocycles. The summed E-state index contributed by atoms with van der Waals surface area (Å²) in [6, 6.07) is 6.67. The van der Waals surface area contributed by atoms with Crippen LogP contribution in [0.3, 0.4) is 0 Å². The molecule has 5 heteroatoms. The van der Waals surface area contributed by atoms with Crippen molar-refractivity contribution in [2.45, 2.75) is 58.0 Å². The summed E-state index contributed by atoms with van der Waals surface area (Å²) in [7, 11) is 0. The lowest BCUT2D eigenvalue weighted by Crippen LogP contribution is -2.40. The van der Waals surface area contributed by atoms with Gasteiger partial charge in [0.2, 0.25) is 5.91 Å². The first-order valence-corrected chi connectivity index (χ1v) is 10.4. The Bertz CT molecular complexity index is 542. The monoisotopic (exact) mass is 358 g/mol. The van der Waals surface area contributed by atoms with Crippen LogP contribution in [0.1, 0.15) is 51.1 Å². The number of likely N-dealkylation sites (tertiary alicyclic amines) is 2. The van der Waals surface area contributed by atoms with Crippen LogP contribution >= 0.6 is 0 Å². The molecule has 1 unspecified atom stereocenters. The second-order valence-corrected chi connectivity index (χ2v) is 7.81. The number of nitrogens with one attached hydrogen (secondary N) is 1. The van der Waals surface area contributed by atoms with Crippen LogP contribution in [0.2, 0.25) is 0 Å². The van der Waals surface area contributed by atoms with Gasteiger partial charge in [-0.25, -0.2) is 0 Å². The molecule has 0 bridgehead atoms. The summed E-state index contributed by atoms with van der Waals surface area (Å²) in [6.07, 6.45) is 8.48. The smallest absolute Gasteiger partial charge is 0.220 e. The van der Waals surface area contributed by atoms with E-state index in [1.165, 1.54) is 32.2 Å². The maximum atomic E-state index is 12.2. The van der Waals surface area contributed by atoms with Gasteiger partial charge in [0.1, 0.15) is 0 Å². The number of carbonyl (C=O) groups is 1. The number of hydrogen-bond donors (Lipinski definition) is 1. The average Bonchev–Trinajstić information content (AvgIpc) is 3.14. The zero-order chi connectivity index (χ0) is 18.2. The number of hydrogen-bond acceptors (Lipinski definition) is 4. The maximum absolute atomic E-state index is 12.2. The Hall–Kier alpha value is -1.46. The molecule has 1 N–H and O–H groups in total. The van der Waals surface area contributed by atoms with E-state index in [1.807, 2.05) is 12.3 Å². The first-order chi connectivity index (χ1) is 12.7. The third-order valence-electron chi connectivity index (χ3n) is 6.04. The highest BCUT2D eigenvalue weighted by molar-refractivity contribution is 5.75. The summed E-state index contributed by atoms with van der Waals surface area (Å²) < 4.78 is 0. The molecule has 3 rings (SSSR count). The molecule has 26 heavy (non-hydrogen) atoms. The Labute approximate surface area is 158 Å². The molecule has 1 aromatic heterocycles. The van der Waals surface area contributed by atoms with Crippen molar-refractivity contribution < 1.29 is 4.79 Å². The van der Waals surface area contributed by atoms with Gasteiger partial charge in [0, 0.05) is 31.7 Å². The van der Waals surface area contributed by atoms with Crippen molar-refractivity contribution in [1.29, 1.82) is 0 Å². The van der Waals surface area contributed by atoms with Crippen LogP contribution in [0.4, 0.5) is 0 Å². The number of carbonyl (C=O) groups excluding carboxylic acids is 1. The van der Waals surface area contributed by atoms with Gasteiger partial charge in [0.25, 0.3) is 0 Å². The first-order valence-electron chi connectivity index (χ1n) is 10.4. The summed E-state index contributed by atoms with van der Waals surface area (Å²) in [5, 5.41) is 3.17. The predicted octanol–water partition coefficient (Wildman–Crippen LogP) is 2.67. The van der Waals surface area contributed by atoms with Crippen molar-refractivity contribution >= 4 is 5.91 Å². The average molecular weight is 359 g/mol. The Morgan fingerprint density at radius 3 is 2.81 bits per heavy atom. The summed E-state index contributed by atoms with van der Waals surface area (Å²) in [6.45, 7) is 8.51. The number of nitrogens with zero attached hydrogens (tertiary/aromatic N) is 3. The van der Waals surface area contributed by atoms with Crippen LogP contribution in [0.5, 0.6) is 0 Å². The zero-order valence-electron chi connectivity index (χ0n) is 16.2. The van der Waals surface area contributed by atoms with E-state index in [0.29, 0.717) is 18.4 Å². The SMILES string of the molecule is CCN1CCCC1CNC(=O)CCC1CCN(Cc2ccccn2)CC1. The molecule has 1 aromatic rings. The highest BCUT2D eigenvalue weighted by atomic mass is 16.1. The molecule has 5 nitrogen and oxygen atoms in total. The van der Waals surface area contributed by atoms with Crippen LogP contribution in [-0.2, 0) is 11.3 Å². The van der Waals surface area contributed by atoms with E-state index in [-0.39, 0.29) is 5.91 Å².